The second kappa shape index (κ2) is 12.2. The Morgan fingerprint density at radius 2 is 1.58 bits per heavy atom. The number of carbonyl (C=O) groups is 1. The predicted octanol–water partition coefficient (Wildman–Crippen LogP) is 2.13. The van der Waals surface area contributed by atoms with Gasteiger partial charge in [-0.1, -0.05) is 59.7 Å². The number of benzene rings is 3. The fourth-order valence-electron chi connectivity index (χ4n) is 5.63. The zero-order valence-electron chi connectivity index (χ0n) is 22.0. The first-order chi connectivity index (χ1) is 17.7. The number of piperazine rings is 1. The fraction of sp³-hybridized carbons (Fsp3) is 0.321. The molecule has 0 bridgehead atoms. The summed E-state index contributed by atoms with van der Waals surface area (Å²) in [6, 6.07) is 17.7. The molecule has 0 saturated carbocycles. The van der Waals surface area contributed by atoms with Crippen LogP contribution in [0.25, 0.3) is 11.1 Å². The standard InChI is InChI=1S/C28H30BF3N3O2.K/c1-18-20(16-35-13-11-33-12-14-35)15-26(19(2)27(18)29(30,31)32)34-28(36)37-17-25-23-9-5-3-7-21(23)22-8-4-6-10-24(22)25;/h3-10,15,25,33H,11-14,16-17H2,1-2H3,(H,34,36);/q-1;+1. The molecule has 3 aromatic rings. The third-order valence-corrected chi connectivity index (χ3v) is 7.52. The van der Waals surface area contributed by atoms with Gasteiger partial charge in [-0.05, 0) is 47.7 Å². The molecule has 38 heavy (non-hydrogen) atoms. The molecule has 1 aliphatic carbocycles. The largest absolute Gasteiger partial charge is 1.00 e. The van der Waals surface area contributed by atoms with E-state index in [-0.39, 0.29) is 80.7 Å². The van der Waals surface area contributed by atoms with E-state index in [1.54, 1.807) is 6.07 Å². The number of nitrogens with zero attached hydrogens (tertiary/aromatic N) is 1. The number of hydrogen-bond acceptors (Lipinski definition) is 4. The van der Waals surface area contributed by atoms with Crippen LogP contribution in [0.4, 0.5) is 23.4 Å². The van der Waals surface area contributed by atoms with Gasteiger partial charge in [0, 0.05) is 44.3 Å². The summed E-state index contributed by atoms with van der Waals surface area (Å²) in [7, 11) is 0. The van der Waals surface area contributed by atoms with Gasteiger partial charge in [-0.25, -0.2) is 4.79 Å². The molecule has 1 aliphatic heterocycles. The Hall–Kier alpha value is -1.66. The zero-order chi connectivity index (χ0) is 26.2. The van der Waals surface area contributed by atoms with Crippen LogP contribution in [0.5, 0.6) is 0 Å². The van der Waals surface area contributed by atoms with Crippen molar-refractivity contribution in [2.24, 2.45) is 0 Å². The quantitative estimate of drug-likeness (QED) is 0.465. The van der Waals surface area contributed by atoms with Crippen molar-refractivity contribution in [2.45, 2.75) is 26.3 Å². The Kier molecular flexibility index (Phi) is 9.45. The van der Waals surface area contributed by atoms with E-state index in [1.165, 1.54) is 13.8 Å². The number of halogens is 3. The molecule has 0 atom stereocenters. The molecule has 194 valence electrons. The molecule has 0 unspecified atom stereocenters. The molecular formula is C28H30BF3KN3O2. The summed E-state index contributed by atoms with van der Waals surface area (Å²) >= 11 is 0. The Bertz CT molecular complexity index is 1280. The molecule has 2 N–H and O–H groups in total. The van der Waals surface area contributed by atoms with Gasteiger partial charge in [-0.2, -0.15) is 0 Å². The first kappa shape index (κ1) is 29.3. The monoisotopic (exact) mass is 547 g/mol. The second-order valence-corrected chi connectivity index (χ2v) is 9.80. The molecule has 10 heteroatoms. The normalized spacial score (nSPS) is 15.4. The summed E-state index contributed by atoms with van der Waals surface area (Å²) < 4.78 is 47.9. The molecule has 1 fully saturated rings. The number of amides is 1. The van der Waals surface area contributed by atoms with Crippen LogP contribution in [-0.4, -0.2) is 50.8 Å². The van der Waals surface area contributed by atoms with Crippen LogP contribution in [0.15, 0.2) is 54.6 Å². The summed E-state index contributed by atoms with van der Waals surface area (Å²) in [5, 5.41) is 5.87. The van der Waals surface area contributed by atoms with Gasteiger partial charge in [-0.15, -0.1) is 5.46 Å². The van der Waals surface area contributed by atoms with Crippen molar-refractivity contribution < 1.29 is 73.9 Å². The van der Waals surface area contributed by atoms with Crippen molar-refractivity contribution in [1.82, 2.24) is 10.2 Å². The average Bonchev–Trinajstić information content (AvgIpc) is 3.19. The van der Waals surface area contributed by atoms with Crippen LogP contribution in [0, 0.1) is 13.8 Å². The topological polar surface area (TPSA) is 53.6 Å². The van der Waals surface area contributed by atoms with Gasteiger partial charge in [0.2, 0.25) is 0 Å². The average molecular weight is 547 g/mol. The Morgan fingerprint density at radius 1 is 1.00 bits per heavy atom. The van der Waals surface area contributed by atoms with Crippen LogP contribution in [0.1, 0.15) is 33.7 Å². The summed E-state index contributed by atoms with van der Waals surface area (Å²) in [5.41, 5.74) is 4.67. The summed E-state index contributed by atoms with van der Waals surface area (Å²) in [5.74, 6) is -0.130. The Labute approximate surface area is 264 Å². The van der Waals surface area contributed by atoms with E-state index in [2.05, 4.69) is 15.5 Å². The molecule has 2 aliphatic rings. The van der Waals surface area contributed by atoms with E-state index in [0.717, 1.165) is 48.4 Å². The van der Waals surface area contributed by atoms with E-state index in [4.69, 9.17) is 4.74 Å². The molecular weight excluding hydrogens is 517 g/mol. The smallest absolute Gasteiger partial charge is 0.448 e. The van der Waals surface area contributed by atoms with Gasteiger partial charge in [0.05, 0.1) is 0 Å². The minimum absolute atomic E-state index is 0. The van der Waals surface area contributed by atoms with E-state index in [1.807, 2.05) is 48.5 Å². The summed E-state index contributed by atoms with van der Waals surface area (Å²) in [6.45, 7) is 1.27. The van der Waals surface area contributed by atoms with E-state index in [9.17, 15) is 17.7 Å². The van der Waals surface area contributed by atoms with E-state index >= 15 is 0 Å². The number of anilines is 1. The minimum Gasteiger partial charge on any atom is -0.448 e. The number of fused-ring (bicyclic) bond motifs is 3. The van der Waals surface area contributed by atoms with Crippen LogP contribution in [-0.2, 0) is 11.3 Å². The third kappa shape index (κ3) is 6.06. The molecule has 1 heterocycles. The van der Waals surface area contributed by atoms with Crippen LogP contribution in [0.2, 0.25) is 0 Å². The Morgan fingerprint density at radius 3 is 2.16 bits per heavy atom. The molecule has 0 radical (unpaired) electrons. The third-order valence-electron chi connectivity index (χ3n) is 7.52. The second-order valence-electron chi connectivity index (χ2n) is 9.80. The SMILES string of the molecule is Cc1c(CN2CCNCC2)cc(NC(=O)OCC2c3ccccc3-c3ccccc32)c(C)c1[B-](F)(F)F.[K+]. The van der Waals surface area contributed by atoms with Crippen molar-refractivity contribution >= 4 is 24.2 Å². The van der Waals surface area contributed by atoms with Crippen molar-refractivity contribution in [2.75, 3.05) is 38.1 Å². The molecule has 5 rings (SSSR count). The van der Waals surface area contributed by atoms with Crippen molar-refractivity contribution in [3.8, 4) is 11.1 Å². The molecule has 1 amide bonds. The van der Waals surface area contributed by atoms with Gasteiger partial charge in [0.15, 0.2) is 0 Å². The van der Waals surface area contributed by atoms with E-state index < -0.39 is 18.5 Å². The molecule has 3 aromatic carbocycles. The number of carbonyl (C=O) groups excluding carboxylic acids is 1. The van der Waals surface area contributed by atoms with Gasteiger partial charge in [0.25, 0.3) is 0 Å². The maximum Gasteiger partial charge on any atom is 1.00 e. The van der Waals surface area contributed by atoms with Crippen molar-refractivity contribution in [1.29, 1.82) is 0 Å². The number of hydrogen-bond donors (Lipinski definition) is 2. The maximum absolute atomic E-state index is 14.1. The van der Waals surface area contributed by atoms with Gasteiger partial charge in [-0.3, -0.25) is 10.2 Å². The predicted molar refractivity (Wildman–Crippen MR) is 141 cm³/mol. The minimum atomic E-state index is -5.26. The van der Waals surface area contributed by atoms with Crippen molar-refractivity contribution in [3.63, 3.8) is 0 Å². The van der Waals surface area contributed by atoms with Gasteiger partial charge >= 0.3 is 64.5 Å². The number of rotatable bonds is 6. The van der Waals surface area contributed by atoms with Crippen LogP contribution >= 0.6 is 0 Å². The number of nitrogens with one attached hydrogen (secondary N) is 2. The molecule has 5 nitrogen and oxygen atoms in total. The Balaban J connectivity index is 0.00000336. The van der Waals surface area contributed by atoms with Gasteiger partial charge < -0.3 is 23.0 Å². The summed E-state index contributed by atoms with van der Waals surface area (Å²) in [4.78, 5) is 15.0. The molecule has 0 aromatic heterocycles. The first-order valence-corrected chi connectivity index (χ1v) is 12.6. The molecule has 0 spiro atoms. The fourth-order valence-corrected chi connectivity index (χ4v) is 5.63. The molecule has 1 saturated heterocycles. The maximum atomic E-state index is 14.1. The number of ether oxygens (including phenoxy) is 1. The van der Waals surface area contributed by atoms with Crippen LogP contribution < -0.4 is 67.5 Å². The zero-order valence-corrected chi connectivity index (χ0v) is 25.1. The van der Waals surface area contributed by atoms with Crippen LogP contribution in [0.3, 0.4) is 0 Å². The summed E-state index contributed by atoms with van der Waals surface area (Å²) in [6.07, 6.45) is -0.762. The van der Waals surface area contributed by atoms with Gasteiger partial charge in [0.1, 0.15) is 6.61 Å². The van der Waals surface area contributed by atoms with E-state index in [0.29, 0.717) is 12.1 Å². The first-order valence-electron chi connectivity index (χ1n) is 12.6. The van der Waals surface area contributed by atoms with Crippen molar-refractivity contribution in [3.05, 3.63) is 82.4 Å².